The van der Waals surface area contributed by atoms with Crippen LogP contribution in [-0.4, -0.2) is 6.36 Å². The number of hydrogen-bond donors (Lipinski definition) is 0. The Morgan fingerprint density at radius 1 is 1.00 bits per heavy atom. The number of hydrogen-bond acceptors (Lipinski definition) is 2. The van der Waals surface area contributed by atoms with Crippen molar-refractivity contribution >= 4 is 23.2 Å². The Morgan fingerprint density at radius 3 is 2.30 bits per heavy atom. The molecule has 0 amide bonds. The van der Waals surface area contributed by atoms with Crippen molar-refractivity contribution in [2.75, 3.05) is 0 Å². The van der Waals surface area contributed by atoms with Gasteiger partial charge in [0.25, 0.3) is 0 Å². The third kappa shape index (κ3) is 4.94. The van der Waals surface area contributed by atoms with Crippen LogP contribution in [0.4, 0.5) is 13.2 Å². The molecule has 0 saturated carbocycles. The molecular weight excluding hydrogens is 352 g/mol. The zero-order valence-corrected chi connectivity index (χ0v) is 13.8. The molecule has 0 bridgehead atoms. The van der Waals surface area contributed by atoms with Crippen molar-refractivity contribution in [1.82, 2.24) is 0 Å². The first-order valence-corrected chi connectivity index (χ1v) is 7.39. The Morgan fingerprint density at radius 2 is 1.70 bits per heavy atom. The van der Waals surface area contributed by atoms with Crippen molar-refractivity contribution in [3.8, 4) is 11.5 Å². The van der Waals surface area contributed by atoms with Crippen molar-refractivity contribution < 1.29 is 22.6 Å². The summed E-state index contributed by atoms with van der Waals surface area (Å²) in [6.07, 6.45) is -5.38. The molecule has 2 aromatic carbocycles. The molecule has 7 heteroatoms. The van der Waals surface area contributed by atoms with Crippen LogP contribution in [0.3, 0.4) is 0 Å². The van der Waals surface area contributed by atoms with Gasteiger partial charge in [0.1, 0.15) is 6.10 Å². The van der Waals surface area contributed by atoms with Crippen LogP contribution in [0.5, 0.6) is 11.5 Å². The SMILES string of the molecule is Cc1ccc(OC(C)c2ccc(Cl)cc2Cl)c(OC(F)(F)F)c1. The second-order valence-electron chi connectivity index (χ2n) is 4.92. The third-order valence-corrected chi connectivity index (χ3v) is 3.59. The average molecular weight is 365 g/mol. The Hall–Kier alpha value is -1.59. The maximum absolute atomic E-state index is 12.5. The molecule has 0 heterocycles. The lowest BCUT2D eigenvalue weighted by Gasteiger charge is -2.20. The van der Waals surface area contributed by atoms with Crippen molar-refractivity contribution in [2.24, 2.45) is 0 Å². The van der Waals surface area contributed by atoms with E-state index >= 15 is 0 Å². The van der Waals surface area contributed by atoms with Gasteiger partial charge in [-0.1, -0.05) is 35.3 Å². The lowest BCUT2D eigenvalue weighted by atomic mass is 10.1. The summed E-state index contributed by atoms with van der Waals surface area (Å²) in [5, 5.41) is 0.831. The quantitative estimate of drug-likeness (QED) is 0.629. The molecule has 0 aromatic heterocycles. The molecule has 0 N–H and O–H groups in total. The molecule has 2 nitrogen and oxygen atoms in total. The van der Waals surface area contributed by atoms with Crippen LogP contribution in [0.2, 0.25) is 10.0 Å². The van der Waals surface area contributed by atoms with Gasteiger partial charge in [-0.05, 0) is 43.7 Å². The van der Waals surface area contributed by atoms with E-state index in [4.69, 9.17) is 27.9 Å². The van der Waals surface area contributed by atoms with E-state index in [-0.39, 0.29) is 5.75 Å². The van der Waals surface area contributed by atoms with Crippen LogP contribution in [0, 0.1) is 6.92 Å². The van der Waals surface area contributed by atoms with Gasteiger partial charge in [-0.15, -0.1) is 13.2 Å². The first-order chi connectivity index (χ1) is 10.7. The Bertz CT molecular complexity index is 702. The number of alkyl halides is 3. The fourth-order valence-corrected chi connectivity index (χ4v) is 2.56. The van der Waals surface area contributed by atoms with Crippen molar-refractivity contribution in [1.29, 1.82) is 0 Å². The zero-order chi connectivity index (χ0) is 17.2. The predicted octanol–water partition coefficient (Wildman–Crippen LogP) is 6.34. The van der Waals surface area contributed by atoms with E-state index in [2.05, 4.69) is 4.74 Å². The standard InChI is InChI=1S/C16H13Cl2F3O2/c1-9-3-6-14(15(7-9)23-16(19,20)21)22-10(2)12-5-4-11(17)8-13(12)18/h3-8,10H,1-2H3. The maximum Gasteiger partial charge on any atom is 0.573 e. The molecular formula is C16H13Cl2F3O2. The number of ether oxygens (including phenoxy) is 2. The summed E-state index contributed by atoms with van der Waals surface area (Å²) in [5.74, 6) is -0.416. The van der Waals surface area contributed by atoms with Crippen LogP contribution in [-0.2, 0) is 0 Å². The van der Waals surface area contributed by atoms with Gasteiger partial charge >= 0.3 is 6.36 Å². The van der Waals surface area contributed by atoms with Gasteiger partial charge in [-0.3, -0.25) is 0 Å². The van der Waals surface area contributed by atoms with Crippen molar-refractivity contribution in [3.05, 3.63) is 57.6 Å². The number of halogens is 5. The molecule has 0 aliphatic heterocycles. The summed E-state index contributed by atoms with van der Waals surface area (Å²) in [6.45, 7) is 3.33. The second kappa shape index (κ2) is 6.89. The van der Waals surface area contributed by atoms with Gasteiger partial charge in [-0.25, -0.2) is 0 Å². The Labute approximate surface area is 141 Å². The van der Waals surface area contributed by atoms with Crippen LogP contribution < -0.4 is 9.47 Å². The van der Waals surface area contributed by atoms with Crippen molar-refractivity contribution in [3.63, 3.8) is 0 Å². The van der Waals surface area contributed by atoms with E-state index in [1.165, 1.54) is 12.1 Å². The lowest BCUT2D eigenvalue weighted by Crippen LogP contribution is -2.18. The van der Waals surface area contributed by atoms with Crippen LogP contribution >= 0.6 is 23.2 Å². The summed E-state index contributed by atoms with van der Waals surface area (Å²) >= 11 is 11.9. The molecule has 0 radical (unpaired) electrons. The van der Waals surface area contributed by atoms with Gasteiger partial charge < -0.3 is 9.47 Å². The van der Waals surface area contributed by atoms with Gasteiger partial charge in [0, 0.05) is 15.6 Å². The highest BCUT2D eigenvalue weighted by Crippen LogP contribution is 2.37. The molecule has 124 valence electrons. The minimum absolute atomic E-state index is 0.0218. The smallest absolute Gasteiger partial charge is 0.482 e. The van der Waals surface area contributed by atoms with Crippen molar-refractivity contribution in [2.45, 2.75) is 26.3 Å². The van der Waals surface area contributed by atoms with Gasteiger partial charge in [0.15, 0.2) is 11.5 Å². The molecule has 0 aliphatic carbocycles. The molecule has 0 fully saturated rings. The highest BCUT2D eigenvalue weighted by Gasteiger charge is 2.32. The Balaban J connectivity index is 2.28. The van der Waals surface area contributed by atoms with Gasteiger partial charge in [0.05, 0.1) is 0 Å². The summed E-state index contributed by atoms with van der Waals surface area (Å²) < 4.78 is 47.1. The molecule has 1 unspecified atom stereocenters. The highest BCUT2D eigenvalue weighted by molar-refractivity contribution is 6.35. The summed E-state index contributed by atoms with van der Waals surface area (Å²) in [5.41, 5.74) is 1.23. The van der Waals surface area contributed by atoms with Crippen LogP contribution in [0.1, 0.15) is 24.2 Å². The van der Waals surface area contributed by atoms with Crippen LogP contribution in [0.15, 0.2) is 36.4 Å². The van der Waals surface area contributed by atoms with Crippen LogP contribution in [0.25, 0.3) is 0 Å². The third-order valence-electron chi connectivity index (χ3n) is 3.03. The second-order valence-corrected chi connectivity index (χ2v) is 5.77. The molecule has 0 aliphatic rings. The molecule has 0 saturated heterocycles. The first kappa shape index (κ1) is 17.8. The van der Waals surface area contributed by atoms with E-state index in [0.717, 1.165) is 0 Å². The van der Waals surface area contributed by atoms with E-state index in [1.807, 2.05) is 0 Å². The largest absolute Gasteiger partial charge is 0.573 e. The van der Waals surface area contributed by atoms with E-state index in [9.17, 15) is 13.2 Å². The fourth-order valence-electron chi connectivity index (χ4n) is 2.00. The zero-order valence-electron chi connectivity index (χ0n) is 12.2. The van der Waals surface area contributed by atoms with E-state index < -0.39 is 18.2 Å². The minimum atomic E-state index is -4.80. The molecule has 1 atom stereocenters. The summed E-state index contributed by atoms with van der Waals surface area (Å²) in [4.78, 5) is 0. The number of rotatable bonds is 4. The maximum atomic E-state index is 12.5. The monoisotopic (exact) mass is 364 g/mol. The van der Waals surface area contributed by atoms with Gasteiger partial charge in [0.2, 0.25) is 0 Å². The predicted molar refractivity (Wildman–Crippen MR) is 83.4 cm³/mol. The summed E-state index contributed by atoms with van der Waals surface area (Å²) in [6, 6.07) is 9.16. The molecule has 2 aromatic rings. The minimum Gasteiger partial charge on any atom is -0.482 e. The molecule has 0 spiro atoms. The van der Waals surface area contributed by atoms with E-state index in [1.54, 1.807) is 38.1 Å². The first-order valence-electron chi connectivity index (χ1n) is 6.64. The molecule has 23 heavy (non-hydrogen) atoms. The Kier molecular flexibility index (Phi) is 5.32. The van der Waals surface area contributed by atoms with E-state index in [0.29, 0.717) is 21.2 Å². The topological polar surface area (TPSA) is 18.5 Å². The highest BCUT2D eigenvalue weighted by atomic mass is 35.5. The molecule has 2 rings (SSSR count). The number of aryl methyl sites for hydroxylation is 1. The normalized spacial score (nSPS) is 12.8. The van der Waals surface area contributed by atoms with Gasteiger partial charge in [-0.2, -0.15) is 0 Å². The average Bonchev–Trinajstić information content (AvgIpc) is 2.40. The lowest BCUT2D eigenvalue weighted by molar-refractivity contribution is -0.275. The fraction of sp³-hybridized carbons (Fsp3) is 0.250. The number of benzene rings is 2. The summed E-state index contributed by atoms with van der Waals surface area (Å²) in [7, 11) is 0.